The molecule has 0 radical (unpaired) electrons. The van der Waals surface area contributed by atoms with Crippen LogP contribution >= 0.6 is 0 Å². The summed E-state index contributed by atoms with van der Waals surface area (Å²) in [5.41, 5.74) is 7.08. The van der Waals surface area contributed by atoms with Gasteiger partial charge in [0.05, 0.1) is 6.04 Å². The highest BCUT2D eigenvalue weighted by Crippen LogP contribution is 2.19. The highest BCUT2D eigenvalue weighted by atomic mass is 16.4. The molecule has 5 atom stereocenters. The first-order valence-corrected chi connectivity index (χ1v) is 12.1. The predicted octanol–water partition coefficient (Wildman–Crippen LogP) is 0.508. The van der Waals surface area contributed by atoms with Crippen molar-refractivity contribution in [3.8, 4) is 0 Å². The zero-order chi connectivity index (χ0) is 27.7. The highest BCUT2D eigenvalue weighted by Gasteiger charge is 2.32. The molecule has 0 saturated carbocycles. The zero-order valence-corrected chi connectivity index (χ0v) is 21.1. The predicted molar refractivity (Wildman–Crippen MR) is 135 cm³/mol. The third kappa shape index (κ3) is 8.31. The van der Waals surface area contributed by atoms with E-state index in [-0.39, 0.29) is 18.8 Å². The summed E-state index contributed by atoms with van der Waals surface area (Å²) < 4.78 is 0. The number of aromatic amines is 1. The molecule has 0 bridgehead atoms. The maximum absolute atomic E-state index is 13.1. The Labute approximate surface area is 214 Å². The SMILES string of the molecule is CCC(C)C(NC(=O)C(C)N)C(=O)NC(CCC(=O)O)C(=O)NC(Cc1c[nH]c2ccccc12)C(=O)O. The van der Waals surface area contributed by atoms with Crippen LogP contribution in [0, 0.1) is 5.92 Å². The van der Waals surface area contributed by atoms with Gasteiger partial charge in [-0.3, -0.25) is 19.2 Å². The van der Waals surface area contributed by atoms with Crippen molar-refractivity contribution in [1.82, 2.24) is 20.9 Å². The largest absolute Gasteiger partial charge is 0.481 e. The van der Waals surface area contributed by atoms with E-state index in [1.165, 1.54) is 6.92 Å². The van der Waals surface area contributed by atoms with Gasteiger partial charge in [0.2, 0.25) is 17.7 Å². The number of aliphatic carboxylic acids is 2. The van der Waals surface area contributed by atoms with Crippen LogP contribution in [-0.2, 0) is 30.4 Å². The molecular weight excluding hydrogens is 482 g/mol. The van der Waals surface area contributed by atoms with E-state index in [0.29, 0.717) is 12.0 Å². The first-order valence-electron chi connectivity index (χ1n) is 12.1. The first kappa shape index (κ1) is 29.3. The number of amides is 3. The van der Waals surface area contributed by atoms with Crippen molar-refractivity contribution in [3.63, 3.8) is 0 Å². The number of hydrogen-bond acceptors (Lipinski definition) is 6. The fourth-order valence-electron chi connectivity index (χ4n) is 3.78. The monoisotopic (exact) mass is 517 g/mol. The lowest BCUT2D eigenvalue weighted by Gasteiger charge is -2.27. The van der Waals surface area contributed by atoms with Crippen LogP contribution in [0.15, 0.2) is 30.5 Å². The lowest BCUT2D eigenvalue weighted by molar-refractivity contribution is -0.143. The second-order valence-electron chi connectivity index (χ2n) is 9.12. The quantitative estimate of drug-likeness (QED) is 0.188. The molecule has 12 nitrogen and oxygen atoms in total. The number of rotatable bonds is 14. The number of benzene rings is 1. The van der Waals surface area contributed by atoms with Crippen LogP contribution in [-0.4, -0.2) is 69.0 Å². The summed E-state index contributed by atoms with van der Waals surface area (Å²) >= 11 is 0. The molecule has 0 aliphatic carbocycles. The Morgan fingerprint density at radius 1 is 0.946 bits per heavy atom. The number of hydrogen-bond donors (Lipinski definition) is 7. The molecule has 0 saturated heterocycles. The fraction of sp³-hybridized carbons (Fsp3) is 0.480. The Morgan fingerprint density at radius 2 is 1.59 bits per heavy atom. The van der Waals surface area contributed by atoms with Crippen LogP contribution < -0.4 is 21.7 Å². The molecule has 0 fully saturated rings. The van der Waals surface area contributed by atoms with Crippen LogP contribution in [0.3, 0.4) is 0 Å². The van der Waals surface area contributed by atoms with E-state index in [0.717, 1.165) is 10.9 Å². The normalized spacial score (nSPS) is 15.1. The summed E-state index contributed by atoms with van der Waals surface area (Å²) in [5, 5.41) is 27.2. The van der Waals surface area contributed by atoms with Crippen molar-refractivity contribution in [2.75, 3.05) is 0 Å². The van der Waals surface area contributed by atoms with Gasteiger partial charge in [-0.1, -0.05) is 38.5 Å². The minimum atomic E-state index is -1.34. The number of nitrogens with one attached hydrogen (secondary N) is 4. The van der Waals surface area contributed by atoms with Crippen molar-refractivity contribution in [1.29, 1.82) is 0 Å². The van der Waals surface area contributed by atoms with Crippen LogP contribution in [0.5, 0.6) is 0 Å². The van der Waals surface area contributed by atoms with Crippen LogP contribution in [0.4, 0.5) is 0 Å². The van der Waals surface area contributed by atoms with E-state index in [9.17, 15) is 29.1 Å². The summed E-state index contributed by atoms with van der Waals surface area (Å²) in [6, 6.07) is 2.73. The number of H-pyrrole nitrogens is 1. The summed E-state index contributed by atoms with van der Waals surface area (Å²) in [6.45, 7) is 5.02. The van der Waals surface area contributed by atoms with E-state index >= 15 is 0 Å². The van der Waals surface area contributed by atoms with Gasteiger partial charge in [0, 0.05) is 29.9 Å². The molecule has 37 heavy (non-hydrogen) atoms. The van der Waals surface area contributed by atoms with Gasteiger partial charge in [0.25, 0.3) is 0 Å². The van der Waals surface area contributed by atoms with Crippen LogP contribution in [0.1, 0.15) is 45.6 Å². The number of para-hydroxylation sites is 1. The molecule has 1 aromatic carbocycles. The highest BCUT2D eigenvalue weighted by molar-refractivity contribution is 5.94. The topological polar surface area (TPSA) is 204 Å². The molecule has 1 aromatic heterocycles. The van der Waals surface area contributed by atoms with Crippen LogP contribution in [0.2, 0.25) is 0 Å². The molecule has 0 aliphatic heterocycles. The van der Waals surface area contributed by atoms with E-state index < -0.39 is 60.2 Å². The van der Waals surface area contributed by atoms with E-state index in [1.807, 2.05) is 31.2 Å². The minimum Gasteiger partial charge on any atom is -0.481 e. The van der Waals surface area contributed by atoms with Gasteiger partial charge >= 0.3 is 11.9 Å². The molecule has 1 heterocycles. The molecule has 2 aromatic rings. The smallest absolute Gasteiger partial charge is 0.326 e. The number of carboxylic acids is 2. The van der Waals surface area contributed by atoms with Gasteiger partial charge in [-0.15, -0.1) is 0 Å². The number of carboxylic acid groups (broad SMARTS) is 2. The van der Waals surface area contributed by atoms with Gasteiger partial charge < -0.3 is 36.9 Å². The lowest BCUT2D eigenvalue weighted by atomic mass is 9.97. The average molecular weight is 518 g/mol. The molecule has 202 valence electrons. The zero-order valence-electron chi connectivity index (χ0n) is 21.1. The second-order valence-corrected chi connectivity index (χ2v) is 9.12. The maximum atomic E-state index is 13.1. The van der Waals surface area contributed by atoms with Gasteiger partial charge in [-0.2, -0.15) is 0 Å². The van der Waals surface area contributed by atoms with Crippen molar-refractivity contribution >= 4 is 40.6 Å². The Bertz CT molecular complexity index is 1130. The molecular formula is C25H35N5O7. The molecule has 8 N–H and O–H groups in total. The number of carbonyl (C=O) groups excluding carboxylic acids is 3. The molecule has 0 spiro atoms. The van der Waals surface area contributed by atoms with Crippen molar-refractivity contribution < 1.29 is 34.2 Å². The number of nitrogens with two attached hydrogens (primary N) is 1. The van der Waals surface area contributed by atoms with Gasteiger partial charge in [0.1, 0.15) is 18.1 Å². The summed E-state index contributed by atoms with van der Waals surface area (Å²) in [6.07, 6.45) is 1.42. The Kier molecular flexibility index (Phi) is 10.6. The van der Waals surface area contributed by atoms with Crippen molar-refractivity contribution in [3.05, 3.63) is 36.0 Å². The number of fused-ring (bicyclic) bond motifs is 1. The number of carbonyl (C=O) groups is 5. The van der Waals surface area contributed by atoms with Gasteiger partial charge in [-0.25, -0.2) is 4.79 Å². The van der Waals surface area contributed by atoms with Gasteiger partial charge in [0.15, 0.2) is 0 Å². The standard InChI is InChI=1S/C25H35N5O7/c1-4-13(2)21(30-22(33)14(3)26)24(35)28-18(9-10-20(31)32)23(34)29-19(25(36)37)11-15-12-27-17-8-6-5-7-16(15)17/h5-8,12-14,18-19,21,27H,4,9-11,26H2,1-3H3,(H,28,35)(H,29,34)(H,30,33)(H,31,32)(H,36,37). The molecule has 3 amide bonds. The third-order valence-electron chi connectivity index (χ3n) is 6.20. The Hall–Kier alpha value is -3.93. The van der Waals surface area contributed by atoms with Gasteiger partial charge in [-0.05, 0) is 30.9 Å². The van der Waals surface area contributed by atoms with E-state index in [1.54, 1.807) is 13.1 Å². The average Bonchev–Trinajstić information content (AvgIpc) is 3.26. The van der Waals surface area contributed by atoms with E-state index in [2.05, 4.69) is 20.9 Å². The summed E-state index contributed by atoms with van der Waals surface area (Å²) in [5.74, 6) is -4.90. The molecule has 12 heteroatoms. The van der Waals surface area contributed by atoms with Crippen molar-refractivity contribution in [2.24, 2.45) is 11.7 Å². The Balaban J connectivity index is 2.22. The first-order chi connectivity index (χ1) is 17.4. The minimum absolute atomic E-state index is 0.0371. The Morgan fingerprint density at radius 3 is 2.19 bits per heavy atom. The molecule has 2 rings (SSSR count). The second kappa shape index (κ2) is 13.4. The lowest BCUT2D eigenvalue weighted by Crippen LogP contribution is -2.58. The summed E-state index contributed by atoms with van der Waals surface area (Å²) in [7, 11) is 0. The van der Waals surface area contributed by atoms with Crippen LogP contribution in [0.25, 0.3) is 10.9 Å². The number of aromatic nitrogens is 1. The van der Waals surface area contributed by atoms with Crippen molar-refractivity contribution in [2.45, 2.75) is 70.6 Å². The van der Waals surface area contributed by atoms with E-state index in [4.69, 9.17) is 10.8 Å². The summed E-state index contributed by atoms with van der Waals surface area (Å²) in [4.78, 5) is 64.5. The fourth-order valence-corrected chi connectivity index (χ4v) is 3.78. The molecule has 5 unspecified atom stereocenters. The third-order valence-corrected chi connectivity index (χ3v) is 6.20. The molecule has 0 aliphatic rings. The maximum Gasteiger partial charge on any atom is 0.326 e.